The Morgan fingerprint density at radius 2 is 2.33 bits per heavy atom. The standard InChI is InChI=1S/C10H16ClN3O/c1-4-7(2)5-12-8-6-13-14(3)10(15)9(8)11/h6-7,12H,4-5H2,1-3H3. The van der Waals surface area contributed by atoms with Crippen LogP contribution in [0, 0.1) is 5.92 Å². The highest BCUT2D eigenvalue weighted by Crippen LogP contribution is 2.15. The first kappa shape index (κ1) is 12.0. The molecule has 0 saturated carbocycles. The third-order valence-corrected chi connectivity index (χ3v) is 2.78. The molecule has 84 valence electrons. The Bertz CT molecular complexity index is 389. The van der Waals surface area contributed by atoms with Crippen LogP contribution in [0.3, 0.4) is 0 Å². The van der Waals surface area contributed by atoms with Crippen molar-refractivity contribution in [2.75, 3.05) is 11.9 Å². The molecule has 0 aliphatic carbocycles. The van der Waals surface area contributed by atoms with Gasteiger partial charge in [-0.05, 0) is 5.92 Å². The van der Waals surface area contributed by atoms with E-state index in [1.165, 1.54) is 4.68 Å². The van der Waals surface area contributed by atoms with Crippen LogP contribution in [0.2, 0.25) is 5.02 Å². The Balaban J connectivity index is 2.79. The molecular formula is C10H16ClN3O. The van der Waals surface area contributed by atoms with Crippen molar-refractivity contribution in [3.05, 3.63) is 21.6 Å². The molecule has 1 aromatic heterocycles. The van der Waals surface area contributed by atoms with E-state index < -0.39 is 0 Å². The predicted octanol–water partition coefficient (Wildman–Crippen LogP) is 1.89. The number of rotatable bonds is 4. The Morgan fingerprint density at radius 1 is 1.67 bits per heavy atom. The molecule has 0 bridgehead atoms. The fourth-order valence-corrected chi connectivity index (χ4v) is 1.30. The summed E-state index contributed by atoms with van der Waals surface area (Å²) in [4.78, 5) is 11.4. The molecule has 1 atom stereocenters. The van der Waals surface area contributed by atoms with E-state index in [-0.39, 0.29) is 10.6 Å². The fourth-order valence-electron chi connectivity index (χ4n) is 1.06. The molecule has 1 heterocycles. The lowest BCUT2D eigenvalue weighted by molar-refractivity contribution is 0.592. The maximum atomic E-state index is 11.4. The van der Waals surface area contributed by atoms with Crippen LogP contribution in [-0.2, 0) is 7.05 Å². The van der Waals surface area contributed by atoms with E-state index in [0.29, 0.717) is 11.6 Å². The summed E-state index contributed by atoms with van der Waals surface area (Å²) in [6.07, 6.45) is 2.66. The molecule has 0 spiro atoms. The minimum Gasteiger partial charge on any atom is -0.382 e. The van der Waals surface area contributed by atoms with Crippen LogP contribution in [0.15, 0.2) is 11.0 Å². The summed E-state index contributed by atoms with van der Waals surface area (Å²) in [5, 5.41) is 7.23. The van der Waals surface area contributed by atoms with Crippen molar-refractivity contribution in [3.8, 4) is 0 Å². The number of hydrogen-bond donors (Lipinski definition) is 1. The van der Waals surface area contributed by atoms with Crippen LogP contribution < -0.4 is 10.9 Å². The second-order valence-corrected chi connectivity index (χ2v) is 4.07. The number of hydrogen-bond acceptors (Lipinski definition) is 3. The van der Waals surface area contributed by atoms with Gasteiger partial charge in [0.25, 0.3) is 5.56 Å². The lowest BCUT2D eigenvalue weighted by Gasteiger charge is -2.12. The Hall–Kier alpha value is -1.03. The van der Waals surface area contributed by atoms with E-state index in [9.17, 15) is 4.79 Å². The van der Waals surface area contributed by atoms with Crippen molar-refractivity contribution in [1.29, 1.82) is 0 Å². The van der Waals surface area contributed by atoms with Gasteiger partial charge in [0.1, 0.15) is 5.02 Å². The van der Waals surface area contributed by atoms with Gasteiger partial charge in [-0.3, -0.25) is 4.79 Å². The summed E-state index contributed by atoms with van der Waals surface area (Å²) in [6, 6.07) is 0. The van der Waals surface area contributed by atoms with Crippen LogP contribution >= 0.6 is 11.6 Å². The van der Waals surface area contributed by atoms with E-state index in [1.807, 2.05) is 0 Å². The minimum atomic E-state index is -0.272. The van der Waals surface area contributed by atoms with Crippen LogP contribution in [-0.4, -0.2) is 16.3 Å². The number of nitrogens with one attached hydrogen (secondary N) is 1. The van der Waals surface area contributed by atoms with Gasteiger partial charge in [-0.1, -0.05) is 31.9 Å². The third-order valence-electron chi connectivity index (χ3n) is 2.42. The van der Waals surface area contributed by atoms with Crippen molar-refractivity contribution in [3.63, 3.8) is 0 Å². The molecule has 0 saturated heterocycles. The number of nitrogens with zero attached hydrogens (tertiary/aromatic N) is 2. The molecule has 0 radical (unpaired) electrons. The summed E-state index contributed by atoms with van der Waals surface area (Å²) in [5.41, 5.74) is 0.339. The summed E-state index contributed by atoms with van der Waals surface area (Å²) >= 11 is 5.89. The van der Waals surface area contributed by atoms with Crippen molar-refractivity contribution in [2.45, 2.75) is 20.3 Å². The highest BCUT2D eigenvalue weighted by atomic mass is 35.5. The average Bonchev–Trinajstić information content (AvgIpc) is 2.24. The number of anilines is 1. The van der Waals surface area contributed by atoms with Crippen molar-refractivity contribution in [1.82, 2.24) is 9.78 Å². The molecule has 4 nitrogen and oxygen atoms in total. The van der Waals surface area contributed by atoms with Gasteiger partial charge in [0, 0.05) is 13.6 Å². The van der Waals surface area contributed by atoms with Gasteiger partial charge < -0.3 is 5.32 Å². The van der Waals surface area contributed by atoms with E-state index in [0.717, 1.165) is 13.0 Å². The maximum absolute atomic E-state index is 11.4. The quantitative estimate of drug-likeness (QED) is 0.858. The number of aromatic nitrogens is 2. The Labute approximate surface area is 94.3 Å². The first-order chi connectivity index (χ1) is 7.06. The highest BCUT2D eigenvalue weighted by molar-refractivity contribution is 6.32. The molecule has 15 heavy (non-hydrogen) atoms. The zero-order valence-corrected chi connectivity index (χ0v) is 10.0. The minimum absolute atomic E-state index is 0.204. The van der Waals surface area contributed by atoms with Gasteiger partial charge in [0.05, 0.1) is 11.9 Å². The van der Waals surface area contributed by atoms with E-state index in [4.69, 9.17) is 11.6 Å². The molecule has 0 aromatic carbocycles. The van der Waals surface area contributed by atoms with Gasteiger partial charge in [-0.15, -0.1) is 0 Å². The number of aryl methyl sites for hydroxylation is 1. The molecule has 1 rings (SSSR count). The molecule has 5 heteroatoms. The van der Waals surface area contributed by atoms with Crippen LogP contribution in [0.5, 0.6) is 0 Å². The molecule has 0 fully saturated rings. The van der Waals surface area contributed by atoms with Gasteiger partial charge >= 0.3 is 0 Å². The van der Waals surface area contributed by atoms with E-state index >= 15 is 0 Å². The summed E-state index contributed by atoms with van der Waals surface area (Å²) in [5.74, 6) is 0.546. The van der Waals surface area contributed by atoms with E-state index in [1.54, 1.807) is 13.2 Å². The van der Waals surface area contributed by atoms with E-state index in [2.05, 4.69) is 24.3 Å². The summed E-state index contributed by atoms with van der Waals surface area (Å²) in [6.45, 7) is 5.05. The Morgan fingerprint density at radius 3 is 2.93 bits per heavy atom. The molecule has 1 N–H and O–H groups in total. The summed E-state index contributed by atoms with van der Waals surface area (Å²) in [7, 11) is 1.58. The highest BCUT2D eigenvalue weighted by Gasteiger charge is 2.07. The van der Waals surface area contributed by atoms with Gasteiger partial charge in [0.15, 0.2) is 0 Å². The maximum Gasteiger partial charge on any atom is 0.287 e. The third kappa shape index (κ3) is 2.96. The predicted molar refractivity (Wildman–Crippen MR) is 62.4 cm³/mol. The summed E-state index contributed by atoms with van der Waals surface area (Å²) < 4.78 is 1.22. The molecule has 0 aliphatic heterocycles. The monoisotopic (exact) mass is 229 g/mol. The molecule has 1 unspecified atom stereocenters. The molecule has 1 aromatic rings. The van der Waals surface area contributed by atoms with Gasteiger partial charge in [0.2, 0.25) is 0 Å². The largest absolute Gasteiger partial charge is 0.382 e. The van der Waals surface area contributed by atoms with Gasteiger partial charge in [-0.25, -0.2) is 4.68 Å². The van der Waals surface area contributed by atoms with Crippen molar-refractivity contribution >= 4 is 17.3 Å². The zero-order chi connectivity index (χ0) is 11.4. The van der Waals surface area contributed by atoms with Crippen molar-refractivity contribution in [2.24, 2.45) is 13.0 Å². The second-order valence-electron chi connectivity index (χ2n) is 3.70. The molecule has 0 aliphatic rings. The Kier molecular flexibility index (Phi) is 4.15. The van der Waals surface area contributed by atoms with Crippen molar-refractivity contribution < 1.29 is 0 Å². The lowest BCUT2D eigenvalue weighted by Crippen LogP contribution is -2.22. The van der Waals surface area contributed by atoms with Crippen LogP contribution in [0.4, 0.5) is 5.69 Å². The van der Waals surface area contributed by atoms with Crippen LogP contribution in [0.1, 0.15) is 20.3 Å². The number of halogens is 1. The first-order valence-corrected chi connectivity index (χ1v) is 5.39. The fraction of sp³-hybridized carbons (Fsp3) is 0.600. The second kappa shape index (κ2) is 5.16. The van der Waals surface area contributed by atoms with Gasteiger partial charge in [-0.2, -0.15) is 5.10 Å². The zero-order valence-electron chi connectivity index (χ0n) is 9.25. The molecular weight excluding hydrogens is 214 g/mol. The first-order valence-electron chi connectivity index (χ1n) is 5.02. The topological polar surface area (TPSA) is 46.9 Å². The van der Waals surface area contributed by atoms with Crippen LogP contribution in [0.25, 0.3) is 0 Å². The molecule has 0 amide bonds. The lowest BCUT2D eigenvalue weighted by atomic mass is 10.1. The SMILES string of the molecule is CCC(C)CNc1cnn(C)c(=O)c1Cl. The smallest absolute Gasteiger partial charge is 0.287 e. The average molecular weight is 230 g/mol. The normalized spacial score (nSPS) is 12.5.